The van der Waals surface area contributed by atoms with Gasteiger partial charge in [-0.2, -0.15) is 0 Å². The number of halogens is 3. The standard InChI is InChI=1S/C13H8BrClFNO3/c14-7-8-5-9(16)1-3-12(8)20-13-4-2-10(17(18)19)6-11(13)15/h1-6H,7H2. The van der Waals surface area contributed by atoms with Gasteiger partial charge in [-0.05, 0) is 24.3 Å². The lowest BCUT2D eigenvalue weighted by Crippen LogP contribution is -1.93. The van der Waals surface area contributed by atoms with Crippen molar-refractivity contribution in [2.24, 2.45) is 0 Å². The lowest BCUT2D eigenvalue weighted by Gasteiger charge is -2.10. The molecule has 0 saturated carbocycles. The molecule has 2 aromatic rings. The summed E-state index contributed by atoms with van der Waals surface area (Å²) >= 11 is 9.17. The van der Waals surface area contributed by atoms with E-state index < -0.39 is 4.92 Å². The fourth-order valence-corrected chi connectivity index (χ4v) is 2.21. The number of nitro groups is 1. The first-order valence-electron chi connectivity index (χ1n) is 5.47. The molecule has 0 aliphatic rings. The SMILES string of the molecule is O=[N+]([O-])c1ccc(Oc2ccc(F)cc2CBr)c(Cl)c1. The van der Waals surface area contributed by atoms with Crippen LogP contribution in [0, 0.1) is 15.9 Å². The molecule has 0 radical (unpaired) electrons. The average Bonchev–Trinajstić information content (AvgIpc) is 2.42. The second-order valence-electron chi connectivity index (χ2n) is 3.86. The zero-order chi connectivity index (χ0) is 14.7. The van der Waals surface area contributed by atoms with Crippen LogP contribution in [-0.4, -0.2) is 4.92 Å². The van der Waals surface area contributed by atoms with E-state index in [0.717, 1.165) is 0 Å². The fraction of sp³-hybridized carbons (Fsp3) is 0.0769. The van der Waals surface area contributed by atoms with Crippen molar-refractivity contribution in [2.45, 2.75) is 5.33 Å². The van der Waals surface area contributed by atoms with E-state index in [2.05, 4.69) is 15.9 Å². The van der Waals surface area contributed by atoms with Gasteiger partial charge in [0.1, 0.15) is 17.3 Å². The molecule has 0 heterocycles. The molecule has 0 N–H and O–H groups in total. The average molecular weight is 361 g/mol. The molecule has 2 rings (SSSR count). The van der Waals surface area contributed by atoms with Gasteiger partial charge in [0.15, 0.2) is 0 Å². The molecule has 0 aliphatic heterocycles. The smallest absolute Gasteiger partial charge is 0.271 e. The fourth-order valence-electron chi connectivity index (χ4n) is 1.56. The minimum atomic E-state index is -0.544. The molecule has 0 bridgehead atoms. The Morgan fingerprint density at radius 1 is 1.25 bits per heavy atom. The van der Waals surface area contributed by atoms with E-state index in [-0.39, 0.29) is 22.3 Å². The predicted octanol–water partition coefficient (Wildman–Crippen LogP) is 5.07. The Morgan fingerprint density at radius 3 is 2.55 bits per heavy atom. The summed E-state index contributed by atoms with van der Waals surface area (Å²) in [4.78, 5) is 10.1. The Morgan fingerprint density at radius 2 is 1.95 bits per heavy atom. The highest BCUT2D eigenvalue weighted by Gasteiger charge is 2.12. The molecule has 7 heteroatoms. The van der Waals surface area contributed by atoms with Crippen LogP contribution in [0.25, 0.3) is 0 Å². The highest BCUT2D eigenvalue weighted by molar-refractivity contribution is 9.08. The molecule has 104 valence electrons. The monoisotopic (exact) mass is 359 g/mol. The molecular weight excluding hydrogens is 353 g/mol. The third-order valence-corrected chi connectivity index (χ3v) is 3.41. The zero-order valence-electron chi connectivity index (χ0n) is 9.98. The van der Waals surface area contributed by atoms with E-state index in [4.69, 9.17) is 16.3 Å². The number of benzene rings is 2. The van der Waals surface area contributed by atoms with Crippen LogP contribution in [0.2, 0.25) is 5.02 Å². The highest BCUT2D eigenvalue weighted by atomic mass is 79.9. The topological polar surface area (TPSA) is 52.4 Å². The Balaban J connectivity index is 2.33. The molecule has 0 aromatic heterocycles. The van der Waals surface area contributed by atoms with Crippen molar-refractivity contribution in [1.82, 2.24) is 0 Å². The number of ether oxygens (including phenoxy) is 1. The minimum absolute atomic E-state index is 0.115. The Kier molecular flexibility index (Phi) is 4.57. The quantitative estimate of drug-likeness (QED) is 0.434. The number of rotatable bonds is 4. The number of hydrogen-bond donors (Lipinski definition) is 0. The third kappa shape index (κ3) is 3.26. The summed E-state index contributed by atoms with van der Waals surface area (Å²) in [7, 11) is 0. The van der Waals surface area contributed by atoms with E-state index in [1.54, 1.807) is 0 Å². The third-order valence-electron chi connectivity index (χ3n) is 2.51. The van der Waals surface area contributed by atoms with Gasteiger partial charge < -0.3 is 4.74 Å². The molecule has 0 spiro atoms. The van der Waals surface area contributed by atoms with Crippen LogP contribution in [-0.2, 0) is 5.33 Å². The maximum absolute atomic E-state index is 13.1. The minimum Gasteiger partial charge on any atom is -0.455 e. The van der Waals surface area contributed by atoms with Crippen molar-refractivity contribution >= 4 is 33.2 Å². The van der Waals surface area contributed by atoms with Crippen LogP contribution in [0.3, 0.4) is 0 Å². The maximum atomic E-state index is 13.1. The second kappa shape index (κ2) is 6.19. The predicted molar refractivity (Wildman–Crippen MR) is 77.2 cm³/mol. The van der Waals surface area contributed by atoms with Crippen molar-refractivity contribution in [2.75, 3.05) is 0 Å². The molecule has 0 saturated heterocycles. The lowest BCUT2D eigenvalue weighted by molar-refractivity contribution is -0.384. The highest BCUT2D eigenvalue weighted by Crippen LogP contribution is 2.34. The molecule has 4 nitrogen and oxygen atoms in total. The number of nitrogens with zero attached hydrogens (tertiary/aromatic N) is 1. The molecular formula is C13H8BrClFNO3. The summed E-state index contributed by atoms with van der Waals surface area (Å²) in [6.45, 7) is 0. The van der Waals surface area contributed by atoms with E-state index in [1.807, 2.05) is 0 Å². The first-order chi connectivity index (χ1) is 9.51. The molecule has 0 amide bonds. The summed E-state index contributed by atoms with van der Waals surface area (Å²) in [5.41, 5.74) is 0.488. The maximum Gasteiger partial charge on any atom is 0.271 e. The molecule has 0 aliphatic carbocycles. The number of nitro benzene ring substituents is 1. The summed E-state index contributed by atoms with van der Waals surface area (Å²) in [6, 6.07) is 7.97. The van der Waals surface area contributed by atoms with Gasteiger partial charge in [-0.1, -0.05) is 27.5 Å². The molecule has 0 fully saturated rings. The lowest BCUT2D eigenvalue weighted by atomic mass is 10.2. The van der Waals surface area contributed by atoms with Crippen LogP contribution < -0.4 is 4.74 Å². The van der Waals surface area contributed by atoms with Gasteiger partial charge >= 0.3 is 0 Å². The van der Waals surface area contributed by atoms with Crippen LogP contribution in [0.15, 0.2) is 36.4 Å². The van der Waals surface area contributed by atoms with Gasteiger partial charge in [0.2, 0.25) is 0 Å². The first kappa shape index (κ1) is 14.7. The summed E-state index contributed by atoms with van der Waals surface area (Å²) in [6.07, 6.45) is 0. The molecule has 0 atom stereocenters. The van der Waals surface area contributed by atoms with E-state index in [0.29, 0.717) is 16.6 Å². The van der Waals surface area contributed by atoms with Crippen molar-refractivity contribution in [3.05, 3.63) is 62.9 Å². The van der Waals surface area contributed by atoms with Crippen LogP contribution in [0.1, 0.15) is 5.56 Å². The van der Waals surface area contributed by atoms with Crippen LogP contribution in [0.5, 0.6) is 11.5 Å². The van der Waals surface area contributed by atoms with E-state index in [1.165, 1.54) is 36.4 Å². The van der Waals surface area contributed by atoms with Crippen molar-refractivity contribution in [3.63, 3.8) is 0 Å². The zero-order valence-corrected chi connectivity index (χ0v) is 12.3. The summed E-state index contributed by atoms with van der Waals surface area (Å²) in [5, 5.41) is 11.1. The number of non-ortho nitro benzene ring substituents is 1. The van der Waals surface area contributed by atoms with Crippen molar-refractivity contribution < 1.29 is 14.1 Å². The number of hydrogen-bond acceptors (Lipinski definition) is 3. The Labute approximate surface area is 127 Å². The van der Waals surface area contributed by atoms with Gasteiger partial charge in [-0.25, -0.2) is 4.39 Å². The first-order valence-corrected chi connectivity index (χ1v) is 6.97. The van der Waals surface area contributed by atoms with Crippen molar-refractivity contribution in [1.29, 1.82) is 0 Å². The van der Waals surface area contributed by atoms with Crippen molar-refractivity contribution in [3.8, 4) is 11.5 Å². The van der Waals surface area contributed by atoms with Crippen LogP contribution in [0.4, 0.5) is 10.1 Å². The van der Waals surface area contributed by atoms with Gasteiger partial charge in [-0.3, -0.25) is 10.1 Å². The second-order valence-corrected chi connectivity index (χ2v) is 4.83. The Hall–Kier alpha value is -1.66. The number of alkyl halides is 1. The van der Waals surface area contributed by atoms with Gasteiger partial charge in [0.25, 0.3) is 5.69 Å². The Bertz CT molecular complexity index is 666. The summed E-state index contributed by atoms with van der Waals surface area (Å²) < 4.78 is 18.7. The molecule has 20 heavy (non-hydrogen) atoms. The van der Waals surface area contributed by atoms with E-state index >= 15 is 0 Å². The summed E-state index contributed by atoms with van der Waals surface area (Å²) in [5.74, 6) is 0.326. The largest absolute Gasteiger partial charge is 0.455 e. The van der Waals surface area contributed by atoms with Gasteiger partial charge in [0.05, 0.1) is 9.95 Å². The van der Waals surface area contributed by atoms with E-state index in [9.17, 15) is 14.5 Å². The van der Waals surface area contributed by atoms with Gasteiger partial charge in [-0.15, -0.1) is 0 Å². The van der Waals surface area contributed by atoms with Crippen LogP contribution >= 0.6 is 27.5 Å². The normalized spacial score (nSPS) is 10.3. The van der Waals surface area contributed by atoms with Gasteiger partial charge in [0, 0.05) is 23.0 Å². The molecule has 0 unspecified atom stereocenters. The molecule has 2 aromatic carbocycles.